The van der Waals surface area contributed by atoms with E-state index in [1.54, 1.807) is 0 Å². The Labute approximate surface area is 147 Å². The van der Waals surface area contributed by atoms with E-state index in [1.807, 2.05) is 18.9 Å². The van der Waals surface area contributed by atoms with Gasteiger partial charge in [0.15, 0.2) is 0 Å². The molecule has 0 saturated carbocycles. The van der Waals surface area contributed by atoms with E-state index in [1.165, 1.54) is 12.1 Å². The van der Waals surface area contributed by atoms with Crippen molar-refractivity contribution in [2.75, 3.05) is 26.7 Å². The lowest BCUT2D eigenvalue weighted by Gasteiger charge is -2.21. The molecule has 1 aromatic carbocycles. The molecule has 1 saturated heterocycles. The number of benzene rings is 1. The Balaban J connectivity index is 0.00000288. The number of hydrogen-bond acceptors (Lipinski definition) is 2. The van der Waals surface area contributed by atoms with Gasteiger partial charge in [0.25, 0.3) is 0 Å². The van der Waals surface area contributed by atoms with Gasteiger partial charge in [-0.1, -0.05) is 19.1 Å². The maximum atomic E-state index is 12.5. The molecule has 2 unspecified atom stereocenters. The molecule has 0 aromatic heterocycles. The fraction of sp³-hybridized carbons (Fsp3) is 0.588. The number of alkyl halides is 3. The first-order valence-electron chi connectivity index (χ1n) is 7.90. The highest BCUT2D eigenvalue weighted by Crippen LogP contribution is 2.29. The molecule has 2 atom stereocenters. The highest BCUT2D eigenvalue weighted by Gasteiger charge is 2.31. The van der Waals surface area contributed by atoms with E-state index >= 15 is 0 Å². The fourth-order valence-electron chi connectivity index (χ4n) is 3.07. The van der Waals surface area contributed by atoms with Crippen molar-refractivity contribution in [3.63, 3.8) is 0 Å². The van der Waals surface area contributed by atoms with E-state index in [0.29, 0.717) is 12.3 Å². The van der Waals surface area contributed by atoms with E-state index in [9.17, 15) is 18.0 Å². The van der Waals surface area contributed by atoms with Crippen molar-refractivity contribution < 1.29 is 18.0 Å². The minimum atomic E-state index is -4.32. The Hall–Kier alpha value is -1.27. The summed E-state index contributed by atoms with van der Waals surface area (Å²) >= 11 is 0. The van der Waals surface area contributed by atoms with Crippen molar-refractivity contribution in [3.05, 3.63) is 35.4 Å². The van der Waals surface area contributed by atoms with E-state index in [0.717, 1.165) is 43.8 Å². The van der Waals surface area contributed by atoms with Gasteiger partial charge in [-0.15, -0.1) is 12.4 Å². The summed E-state index contributed by atoms with van der Waals surface area (Å²) in [5.41, 5.74) is 0.0968. The molecule has 1 aliphatic rings. The van der Waals surface area contributed by atoms with E-state index in [2.05, 4.69) is 5.32 Å². The van der Waals surface area contributed by atoms with E-state index in [-0.39, 0.29) is 24.2 Å². The molecule has 0 radical (unpaired) electrons. The predicted octanol–water partition coefficient (Wildman–Crippen LogP) is 3.37. The monoisotopic (exact) mass is 364 g/mol. The first-order valence-corrected chi connectivity index (χ1v) is 7.90. The van der Waals surface area contributed by atoms with Crippen LogP contribution in [0.3, 0.4) is 0 Å². The Kier molecular flexibility index (Phi) is 7.55. The lowest BCUT2D eigenvalue weighted by Crippen LogP contribution is -2.35. The lowest BCUT2D eigenvalue weighted by molar-refractivity contribution is -0.137. The van der Waals surface area contributed by atoms with Gasteiger partial charge in [-0.3, -0.25) is 4.79 Å². The van der Waals surface area contributed by atoms with Crippen molar-refractivity contribution in [1.82, 2.24) is 10.2 Å². The Morgan fingerprint density at radius 1 is 1.33 bits per heavy atom. The molecule has 7 heteroatoms. The standard InChI is InChI=1S/C17H23F3N2O.ClH/c1-12(16(23)22-8-7-14(11-22)10-21-2)9-13-3-5-15(6-4-13)17(18,19)20;/h3-6,12,14,21H,7-11H2,1-2H3;1H. The van der Waals surface area contributed by atoms with Crippen LogP contribution in [0.15, 0.2) is 24.3 Å². The third-order valence-electron chi connectivity index (χ3n) is 4.34. The molecule has 24 heavy (non-hydrogen) atoms. The summed E-state index contributed by atoms with van der Waals surface area (Å²) in [6.45, 7) is 4.27. The fourth-order valence-corrected chi connectivity index (χ4v) is 3.07. The van der Waals surface area contributed by atoms with Crippen LogP contribution in [0.2, 0.25) is 0 Å². The first kappa shape index (κ1) is 20.8. The SMILES string of the molecule is CNCC1CCN(C(=O)C(C)Cc2ccc(C(F)(F)F)cc2)C1.Cl. The second-order valence-electron chi connectivity index (χ2n) is 6.30. The zero-order valence-corrected chi connectivity index (χ0v) is 14.7. The molecule has 0 spiro atoms. The van der Waals surface area contributed by atoms with Crippen LogP contribution in [0.4, 0.5) is 13.2 Å². The molecule has 3 nitrogen and oxygen atoms in total. The van der Waals surface area contributed by atoms with Gasteiger partial charge in [0.1, 0.15) is 0 Å². The summed E-state index contributed by atoms with van der Waals surface area (Å²) in [6.07, 6.45) is -2.86. The third kappa shape index (κ3) is 5.38. The second kappa shape index (κ2) is 8.72. The zero-order chi connectivity index (χ0) is 17.0. The molecular weight excluding hydrogens is 341 g/mol. The lowest BCUT2D eigenvalue weighted by atomic mass is 9.99. The average Bonchev–Trinajstić information content (AvgIpc) is 2.95. The van der Waals surface area contributed by atoms with Crippen molar-refractivity contribution in [2.45, 2.75) is 25.9 Å². The minimum absolute atomic E-state index is 0. The zero-order valence-electron chi connectivity index (χ0n) is 13.9. The molecule has 1 N–H and O–H groups in total. The Morgan fingerprint density at radius 3 is 2.50 bits per heavy atom. The molecule has 1 aliphatic heterocycles. The number of carbonyl (C=O) groups is 1. The van der Waals surface area contributed by atoms with E-state index in [4.69, 9.17) is 0 Å². The van der Waals surface area contributed by atoms with Crippen molar-refractivity contribution in [3.8, 4) is 0 Å². The van der Waals surface area contributed by atoms with Crippen LogP contribution in [0.25, 0.3) is 0 Å². The van der Waals surface area contributed by atoms with Crippen LogP contribution in [-0.4, -0.2) is 37.5 Å². The number of nitrogens with zero attached hydrogens (tertiary/aromatic N) is 1. The van der Waals surface area contributed by atoms with Crippen molar-refractivity contribution in [2.24, 2.45) is 11.8 Å². The van der Waals surface area contributed by atoms with E-state index < -0.39 is 11.7 Å². The summed E-state index contributed by atoms with van der Waals surface area (Å²) in [6, 6.07) is 5.07. The Bertz CT molecular complexity index is 534. The number of amides is 1. The summed E-state index contributed by atoms with van der Waals surface area (Å²) in [4.78, 5) is 14.3. The van der Waals surface area contributed by atoms with Gasteiger partial charge in [-0.05, 0) is 50.0 Å². The van der Waals surface area contributed by atoms with Crippen LogP contribution in [0.5, 0.6) is 0 Å². The first-order chi connectivity index (χ1) is 10.8. The second-order valence-corrected chi connectivity index (χ2v) is 6.30. The molecule has 136 valence electrons. The number of rotatable bonds is 5. The smallest absolute Gasteiger partial charge is 0.342 e. The number of likely N-dealkylation sites (tertiary alicyclic amines) is 1. The van der Waals surface area contributed by atoms with Crippen LogP contribution in [0.1, 0.15) is 24.5 Å². The van der Waals surface area contributed by atoms with Crippen LogP contribution in [0, 0.1) is 11.8 Å². The number of carbonyl (C=O) groups excluding carboxylic acids is 1. The minimum Gasteiger partial charge on any atom is -0.342 e. The van der Waals surface area contributed by atoms with Gasteiger partial charge in [0.05, 0.1) is 5.56 Å². The molecule has 1 aromatic rings. The number of nitrogens with one attached hydrogen (secondary N) is 1. The molecule has 0 bridgehead atoms. The van der Waals surface area contributed by atoms with Gasteiger partial charge in [-0.25, -0.2) is 0 Å². The van der Waals surface area contributed by atoms with Crippen LogP contribution >= 0.6 is 12.4 Å². The molecule has 1 amide bonds. The number of hydrogen-bond donors (Lipinski definition) is 1. The van der Waals surface area contributed by atoms with Gasteiger partial charge in [0.2, 0.25) is 5.91 Å². The maximum Gasteiger partial charge on any atom is 0.416 e. The summed E-state index contributed by atoms with van der Waals surface area (Å²) in [5.74, 6) is 0.353. The maximum absolute atomic E-state index is 12.5. The molecule has 2 rings (SSSR count). The topological polar surface area (TPSA) is 32.3 Å². The van der Waals surface area contributed by atoms with Gasteiger partial charge < -0.3 is 10.2 Å². The third-order valence-corrected chi connectivity index (χ3v) is 4.34. The van der Waals surface area contributed by atoms with Crippen LogP contribution < -0.4 is 5.32 Å². The summed E-state index contributed by atoms with van der Waals surface area (Å²) < 4.78 is 37.6. The normalized spacial score (nSPS) is 19.0. The number of halogens is 4. The quantitative estimate of drug-likeness (QED) is 0.868. The molecule has 1 fully saturated rings. The highest BCUT2D eigenvalue weighted by molar-refractivity contribution is 5.85. The molecule has 0 aliphatic carbocycles. The summed E-state index contributed by atoms with van der Waals surface area (Å²) in [7, 11) is 1.90. The van der Waals surface area contributed by atoms with Gasteiger partial charge >= 0.3 is 6.18 Å². The molecule has 1 heterocycles. The van der Waals surface area contributed by atoms with Gasteiger partial charge in [-0.2, -0.15) is 13.2 Å². The average molecular weight is 365 g/mol. The largest absolute Gasteiger partial charge is 0.416 e. The summed E-state index contributed by atoms with van der Waals surface area (Å²) in [5, 5.41) is 3.13. The molecular formula is C17H24ClF3N2O. The highest BCUT2D eigenvalue weighted by atomic mass is 35.5. The van der Waals surface area contributed by atoms with Crippen molar-refractivity contribution >= 4 is 18.3 Å². The predicted molar refractivity (Wildman–Crippen MR) is 90.2 cm³/mol. The van der Waals surface area contributed by atoms with Gasteiger partial charge in [0, 0.05) is 19.0 Å². The van der Waals surface area contributed by atoms with Crippen molar-refractivity contribution in [1.29, 1.82) is 0 Å². The Morgan fingerprint density at radius 2 is 1.96 bits per heavy atom. The van der Waals surface area contributed by atoms with Crippen LogP contribution in [-0.2, 0) is 17.4 Å².